The third-order valence-corrected chi connectivity index (χ3v) is 3.86. The molecule has 0 atom stereocenters. The Morgan fingerprint density at radius 2 is 1.80 bits per heavy atom. The number of halogens is 1. The maximum Gasteiger partial charge on any atom is 0.340 e. The molecule has 0 radical (unpaired) electrons. The molecule has 0 saturated carbocycles. The van der Waals surface area contributed by atoms with Crippen LogP contribution in [-0.2, 0) is 9.53 Å². The highest BCUT2D eigenvalue weighted by Crippen LogP contribution is 2.18. The Balaban J connectivity index is 1.80. The molecule has 132 valence electrons. The molecule has 0 saturated heterocycles. The summed E-state index contributed by atoms with van der Waals surface area (Å²) < 4.78 is 11.6. The lowest BCUT2D eigenvalue weighted by atomic mass is 10.1. The second-order valence-corrected chi connectivity index (χ2v) is 6.14. The van der Waals surface area contributed by atoms with Crippen molar-refractivity contribution in [2.45, 2.75) is 19.8 Å². The maximum atomic E-state index is 12.1. The molecular formula is C19H20BrNO4. The molecule has 2 aromatic carbocycles. The van der Waals surface area contributed by atoms with E-state index in [0.717, 1.165) is 10.2 Å². The number of carbonyl (C=O) groups is 2. The fraction of sp³-hybridized carbons (Fsp3) is 0.263. The van der Waals surface area contributed by atoms with Crippen molar-refractivity contribution in [1.82, 2.24) is 0 Å². The number of benzene rings is 2. The predicted octanol–water partition coefficient (Wildman–Crippen LogP) is 4.42. The Kier molecular flexibility index (Phi) is 7.47. The Labute approximate surface area is 155 Å². The van der Waals surface area contributed by atoms with Crippen LogP contribution in [0.15, 0.2) is 53.0 Å². The van der Waals surface area contributed by atoms with Crippen LogP contribution >= 0.6 is 15.9 Å². The van der Waals surface area contributed by atoms with Gasteiger partial charge >= 0.3 is 5.97 Å². The van der Waals surface area contributed by atoms with Crippen LogP contribution in [0.2, 0.25) is 0 Å². The van der Waals surface area contributed by atoms with E-state index in [2.05, 4.69) is 21.2 Å². The lowest BCUT2D eigenvalue weighted by Gasteiger charge is -2.10. The average Bonchev–Trinajstić information content (AvgIpc) is 2.61. The molecule has 1 amide bonds. The van der Waals surface area contributed by atoms with E-state index in [1.54, 1.807) is 31.2 Å². The first-order valence-electron chi connectivity index (χ1n) is 8.04. The van der Waals surface area contributed by atoms with Crippen molar-refractivity contribution in [2.24, 2.45) is 0 Å². The van der Waals surface area contributed by atoms with Crippen molar-refractivity contribution < 1.29 is 19.1 Å². The Bertz CT molecular complexity index is 716. The van der Waals surface area contributed by atoms with Crippen LogP contribution in [0.4, 0.5) is 5.69 Å². The number of carbonyl (C=O) groups excluding carboxylic acids is 2. The summed E-state index contributed by atoms with van der Waals surface area (Å²) in [4.78, 5) is 24.0. The number of nitrogens with one attached hydrogen (secondary N) is 1. The number of ether oxygens (including phenoxy) is 2. The number of hydrogen-bond donors (Lipinski definition) is 1. The maximum absolute atomic E-state index is 12.1. The van der Waals surface area contributed by atoms with E-state index in [1.165, 1.54) is 0 Å². The monoisotopic (exact) mass is 405 g/mol. The van der Waals surface area contributed by atoms with Crippen LogP contribution in [0, 0.1) is 0 Å². The number of hydrogen-bond acceptors (Lipinski definition) is 4. The van der Waals surface area contributed by atoms with Crippen LogP contribution in [0.3, 0.4) is 0 Å². The van der Waals surface area contributed by atoms with Crippen molar-refractivity contribution in [3.05, 3.63) is 58.6 Å². The first-order valence-corrected chi connectivity index (χ1v) is 8.84. The lowest BCUT2D eigenvalue weighted by molar-refractivity contribution is -0.116. The standard InChI is InChI=1S/C19H20BrNO4/c1-2-24-19(23)16-6-3-4-7-17(16)21-18(22)8-5-13-25-15-11-9-14(20)10-12-15/h3-4,6-7,9-12H,2,5,8,13H2,1H3,(H,21,22). The van der Waals surface area contributed by atoms with Crippen LogP contribution in [0.1, 0.15) is 30.1 Å². The molecule has 2 rings (SSSR count). The topological polar surface area (TPSA) is 64.6 Å². The number of esters is 1. The number of para-hydroxylation sites is 1. The largest absolute Gasteiger partial charge is 0.494 e. The van der Waals surface area contributed by atoms with Crippen molar-refractivity contribution in [2.75, 3.05) is 18.5 Å². The van der Waals surface area contributed by atoms with Gasteiger partial charge in [0.2, 0.25) is 5.91 Å². The molecule has 2 aromatic rings. The van der Waals surface area contributed by atoms with Crippen molar-refractivity contribution in [3.8, 4) is 5.75 Å². The van der Waals surface area contributed by atoms with Gasteiger partial charge in [-0.2, -0.15) is 0 Å². The van der Waals surface area contributed by atoms with Gasteiger partial charge in [-0.25, -0.2) is 4.79 Å². The van der Waals surface area contributed by atoms with Crippen LogP contribution in [0.25, 0.3) is 0 Å². The van der Waals surface area contributed by atoms with Gasteiger partial charge < -0.3 is 14.8 Å². The van der Waals surface area contributed by atoms with Gasteiger partial charge in [0.05, 0.1) is 24.5 Å². The number of rotatable bonds is 8. The van der Waals surface area contributed by atoms with Gasteiger partial charge in [0.15, 0.2) is 0 Å². The molecule has 0 bridgehead atoms. The van der Waals surface area contributed by atoms with E-state index in [1.807, 2.05) is 24.3 Å². The highest BCUT2D eigenvalue weighted by atomic mass is 79.9. The van der Waals surface area contributed by atoms with Gasteiger partial charge in [0.1, 0.15) is 5.75 Å². The molecular weight excluding hydrogens is 386 g/mol. The van der Waals surface area contributed by atoms with E-state index in [-0.39, 0.29) is 12.5 Å². The molecule has 1 N–H and O–H groups in total. The van der Waals surface area contributed by atoms with Gasteiger partial charge in [-0.05, 0) is 49.7 Å². The normalized spacial score (nSPS) is 10.2. The summed E-state index contributed by atoms with van der Waals surface area (Å²) >= 11 is 3.36. The minimum atomic E-state index is -0.447. The molecule has 5 nitrogen and oxygen atoms in total. The molecule has 0 aliphatic carbocycles. The molecule has 0 aromatic heterocycles. The molecule has 0 unspecified atom stereocenters. The van der Waals surface area contributed by atoms with E-state index in [9.17, 15) is 9.59 Å². The van der Waals surface area contributed by atoms with Gasteiger partial charge in [-0.15, -0.1) is 0 Å². The summed E-state index contributed by atoms with van der Waals surface area (Å²) in [5.41, 5.74) is 0.809. The highest BCUT2D eigenvalue weighted by molar-refractivity contribution is 9.10. The number of amides is 1. The van der Waals surface area contributed by atoms with E-state index in [0.29, 0.717) is 30.7 Å². The molecule has 25 heavy (non-hydrogen) atoms. The van der Waals surface area contributed by atoms with Gasteiger partial charge in [0, 0.05) is 10.9 Å². The molecule has 0 spiro atoms. The summed E-state index contributed by atoms with van der Waals surface area (Å²) in [6.45, 7) is 2.47. The Morgan fingerprint density at radius 3 is 2.52 bits per heavy atom. The van der Waals surface area contributed by atoms with E-state index in [4.69, 9.17) is 9.47 Å². The fourth-order valence-corrected chi connectivity index (χ4v) is 2.41. The van der Waals surface area contributed by atoms with Crippen LogP contribution in [0.5, 0.6) is 5.75 Å². The summed E-state index contributed by atoms with van der Waals surface area (Å²) in [6, 6.07) is 14.3. The fourth-order valence-electron chi connectivity index (χ4n) is 2.15. The summed E-state index contributed by atoms with van der Waals surface area (Å²) in [5.74, 6) is 0.143. The Morgan fingerprint density at radius 1 is 1.08 bits per heavy atom. The minimum Gasteiger partial charge on any atom is -0.494 e. The minimum absolute atomic E-state index is 0.170. The highest BCUT2D eigenvalue weighted by Gasteiger charge is 2.13. The predicted molar refractivity (Wildman–Crippen MR) is 99.9 cm³/mol. The molecule has 0 aliphatic heterocycles. The summed E-state index contributed by atoms with van der Waals surface area (Å²) in [7, 11) is 0. The first-order chi connectivity index (χ1) is 12.1. The van der Waals surface area contributed by atoms with Crippen molar-refractivity contribution in [1.29, 1.82) is 0 Å². The van der Waals surface area contributed by atoms with Gasteiger partial charge in [0.25, 0.3) is 0 Å². The summed E-state index contributed by atoms with van der Waals surface area (Å²) in [5, 5.41) is 2.75. The second-order valence-electron chi connectivity index (χ2n) is 5.22. The SMILES string of the molecule is CCOC(=O)c1ccccc1NC(=O)CCCOc1ccc(Br)cc1. The average molecular weight is 406 g/mol. The zero-order valence-electron chi connectivity index (χ0n) is 14.0. The zero-order chi connectivity index (χ0) is 18.1. The lowest BCUT2D eigenvalue weighted by Crippen LogP contribution is -2.16. The number of anilines is 1. The third-order valence-electron chi connectivity index (χ3n) is 3.33. The zero-order valence-corrected chi connectivity index (χ0v) is 15.5. The van der Waals surface area contributed by atoms with Crippen molar-refractivity contribution in [3.63, 3.8) is 0 Å². The summed E-state index contributed by atoms with van der Waals surface area (Å²) in [6.07, 6.45) is 0.872. The molecule has 0 fully saturated rings. The Hall–Kier alpha value is -2.34. The third kappa shape index (κ3) is 6.23. The van der Waals surface area contributed by atoms with Gasteiger partial charge in [-0.1, -0.05) is 28.1 Å². The molecule has 6 heteroatoms. The smallest absolute Gasteiger partial charge is 0.340 e. The molecule has 0 aliphatic rings. The molecule has 0 heterocycles. The first kappa shape index (κ1) is 19.0. The van der Waals surface area contributed by atoms with Crippen molar-refractivity contribution >= 4 is 33.5 Å². The second kappa shape index (κ2) is 9.84. The van der Waals surface area contributed by atoms with E-state index >= 15 is 0 Å². The van der Waals surface area contributed by atoms with Gasteiger partial charge in [-0.3, -0.25) is 4.79 Å². The quantitative estimate of drug-likeness (QED) is 0.521. The van der Waals surface area contributed by atoms with Crippen LogP contribution in [-0.4, -0.2) is 25.1 Å². The van der Waals surface area contributed by atoms with E-state index < -0.39 is 5.97 Å². The van der Waals surface area contributed by atoms with Crippen LogP contribution < -0.4 is 10.1 Å².